The lowest BCUT2D eigenvalue weighted by Crippen LogP contribution is -2.47. The van der Waals surface area contributed by atoms with Crippen LogP contribution in [0.25, 0.3) is 28.2 Å². The second kappa shape index (κ2) is 9.90. The third kappa shape index (κ3) is 4.24. The molecule has 4 aromatic heterocycles. The quantitative estimate of drug-likeness (QED) is 0.328. The standard InChI is InChI=1S/C27H25FN10O2/c1-16-21-24(33-27(30)38-25(21)32-23(34-38)19-4-2-3-7-31-19)37(22(16)26(39)40)13-10-35-8-11-36(12-9-35)20-6-5-17(15-29)14-18(20)28/h2-7,14H,8-13H2,1H3,(H2,30,33)(H,39,40). The fourth-order valence-corrected chi connectivity index (χ4v) is 5.29. The Morgan fingerprint density at radius 3 is 2.60 bits per heavy atom. The summed E-state index contributed by atoms with van der Waals surface area (Å²) in [6.45, 7) is 5.19. The molecule has 0 spiro atoms. The van der Waals surface area contributed by atoms with Crippen molar-refractivity contribution in [2.75, 3.05) is 43.4 Å². The number of carboxylic acids is 1. The fourth-order valence-electron chi connectivity index (χ4n) is 5.29. The normalized spacial score (nSPS) is 14.2. The van der Waals surface area contributed by atoms with Gasteiger partial charge in [0.25, 0.3) is 0 Å². The number of nitriles is 1. The van der Waals surface area contributed by atoms with Crippen LogP contribution in [0.2, 0.25) is 0 Å². The number of benzene rings is 1. The van der Waals surface area contributed by atoms with Crippen molar-refractivity contribution in [3.63, 3.8) is 0 Å². The molecule has 0 radical (unpaired) electrons. The number of carbonyl (C=O) groups is 1. The number of hydrogen-bond donors (Lipinski definition) is 2. The maximum absolute atomic E-state index is 14.5. The lowest BCUT2D eigenvalue weighted by atomic mass is 10.2. The minimum absolute atomic E-state index is 0.0888. The van der Waals surface area contributed by atoms with Crippen molar-refractivity contribution in [1.29, 1.82) is 5.26 Å². The second-order valence-corrected chi connectivity index (χ2v) is 9.59. The molecule has 0 aliphatic carbocycles. The van der Waals surface area contributed by atoms with Crippen LogP contribution in [0.1, 0.15) is 21.6 Å². The summed E-state index contributed by atoms with van der Waals surface area (Å²) in [4.78, 5) is 30.0. The molecule has 0 saturated carbocycles. The summed E-state index contributed by atoms with van der Waals surface area (Å²) in [5, 5.41) is 24.2. The van der Waals surface area contributed by atoms with Crippen LogP contribution in [0.4, 0.5) is 16.0 Å². The van der Waals surface area contributed by atoms with E-state index in [0.717, 1.165) is 0 Å². The van der Waals surface area contributed by atoms with Crippen molar-refractivity contribution in [3.05, 3.63) is 65.2 Å². The van der Waals surface area contributed by atoms with E-state index in [9.17, 15) is 14.3 Å². The molecule has 1 aliphatic heterocycles. The molecule has 3 N–H and O–H groups in total. The minimum Gasteiger partial charge on any atom is -0.477 e. The molecular weight excluding hydrogens is 515 g/mol. The van der Waals surface area contributed by atoms with Gasteiger partial charge >= 0.3 is 5.97 Å². The third-order valence-electron chi connectivity index (χ3n) is 7.27. The highest BCUT2D eigenvalue weighted by Crippen LogP contribution is 2.30. The average Bonchev–Trinajstić information content (AvgIpc) is 3.52. The molecule has 1 aromatic carbocycles. The number of hydrogen-bond acceptors (Lipinski definition) is 9. The lowest BCUT2D eigenvalue weighted by molar-refractivity contribution is 0.0683. The van der Waals surface area contributed by atoms with E-state index in [-0.39, 0.29) is 17.2 Å². The Kier molecular flexibility index (Phi) is 6.24. The molecule has 1 aliphatic rings. The summed E-state index contributed by atoms with van der Waals surface area (Å²) < 4.78 is 17.6. The van der Waals surface area contributed by atoms with Crippen LogP contribution in [0, 0.1) is 24.1 Å². The van der Waals surface area contributed by atoms with Gasteiger partial charge in [-0.05, 0) is 42.8 Å². The number of piperazine rings is 1. The van der Waals surface area contributed by atoms with E-state index in [1.54, 1.807) is 42.0 Å². The molecule has 0 bridgehead atoms. The smallest absolute Gasteiger partial charge is 0.352 e. The van der Waals surface area contributed by atoms with Crippen LogP contribution < -0.4 is 10.6 Å². The molecule has 12 nitrogen and oxygen atoms in total. The number of nitrogen functional groups attached to an aromatic ring is 1. The number of pyridine rings is 1. The first-order valence-corrected chi connectivity index (χ1v) is 12.7. The van der Waals surface area contributed by atoms with Gasteiger partial charge in [0.2, 0.25) is 11.8 Å². The van der Waals surface area contributed by atoms with Crippen LogP contribution in [-0.2, 0) is 6.54 Å². The molecule has 13 heteroatoms. The Labute approximate surface area is 227 Å². The van der Waals surface area contributed by atoms with Gasteiger partial charge in [-0.1, -0.05) is 6.07 Å². The number of anilines is 2. The van der Waals surface area contributed by atoms with Gasteiger partial charge < -0.3 is 20.3 Å². The first-order valence-electron chi connectivity index (χ1n) is 12.7. The molecule has 202 valence electrons. The van der Waals surface area contributed by atoms with E-state index >= 15 is 0 Å². The van der Waals surface area contributed by atoms with Crippen molar-refractivity contribution in [1.82, 2.24) is 34.0 Å². The van der Waals surface area contributed by atoms with Crippen molar-refractivity contribution in [3.8, 4) is 17.6 Å². The molecule has 40 heavy (non-hydrogen) atoms. The molecule has 1 fully saturated rings. The summed E-state index contributed by atoms with van der Waals surface area (Å²) >= 11 is 0. The zero-order chi connectivity index (χ0) is 28.0. The van der Waals surface area contributed by atoms with Crippen molar-refractivity contribution >= 4 is 34.3 Å². The highest BCUT2D eigenvalue weighted by atomic mass is 19.1. The molecule has 0 atom stereocenters. The lowest BCUT2D eigenvalue weighted by Gasteiger charge is -2.36. The van der Waals surface area contributed by atoms with Crippen LogP contribution in [0.5, 0.6) is 0 Å². The van der Waals surface area contributed by atoms with Gasteiger partial charge in [-0.25, -0.2) is 14.2 Å². The van der Waals surface area contributed by atoms with E-state index < -0.39 is 11.8 Å². The maximum Gasteiger partial charge on any atom is 0.352 e. The largest absolute Gasteiger partial charge is 0.477 e. The number of carboxylic acid groups (broad SMARTS) is 1. The Morgan fingerprint density at radius 2 is 1.93 bits per heavy atom. The predicted molar refractivity (Wildman–Crippen MR) is 145 cm³/mol. The average molecular weight is 541 g/mol. The topological polar surface area (TPSA) is 154 Å². The molecule has 0 unspecified atom stereocenters. The molecule has 0 amide bonds. The van der Waals surface area contributed by atoms with Crippen molar-refractivity contribution in [2.24, 2.45) is 0 Å². The van der Waals surface area contributed by atoms with Crippen LogP contribution in [-0.4, -0.2) is 77.8 Å². The molecule has 1 saturated heterocycles. The number of rotatable bonds is 6. The Balaban J connectivity index is 1.28. The zero-order valence-corrected chi connectivity index (χ0v) is 21.6. The summed E-state index contributed by atoms with van der Waals surface area (Å²) in [7, 11) is 0. The van der Waals surface area contributed by atoms with E-state index in [1.807, 2.05) is 17.0 Å². The molecule has 6 rings (SSSR count). The third-order valence-corrected chi connectivity index (χ3v) is 7.27. The van der Waals surface area contributed by atoms with E-state index in [2.05, 4.69) is 25.0 Å². The van der Waals surface area contributed by atoms with Gasteiger partial charge in [-0.15, -0.1) is 5.10 Å². The molecule has 5 heterocycles. The van der Waals surface area contributed by atoms with E-state index in [0.29, 0.717) is 78.7 Å². The number of nitrogens with two attached hydrogens (primary N) is 1. The van der Waals surface area contributed by atoms with E-state index in [1.165, 1.54) is 10.6 Å². The van der Waals surface area contributed by atoms with E-state index in [4.69, 9.17) is 11.0 Å². The number of aromatic carboxylic acids is 1. The highest BCUT2D eigenvalue weighted by molar-refractivity contribution is 6.02. The second-order valence-electron chi connectivity index (χ2n) is 9.59. The summed E-state index contributed by atoms with van der Waals surface area (Å²) in [5.74, 6) is -1.03. The maximum atomic E-state index is 14.5. The van der Waals surface area contributed by atoms with Gasteiger partial charge in [-0.2, -0.15) is 14.8 Å². The Bertz CT molecular complexity index is 1800. The van der Waals surface area contributed by atoms with Crippen molar-refractivity contribution < 1.29 is 14.3 Å². The Hall–Kier alpha value is -5.09. The van der Waals surface area contributed by atoms with Gasteiger partial charge in [-0.3, -0.25) is 9.88 Å². The summed E-state index contributed by atoms with van der Waals surface area (Å²) in [6, 6.07) is 11.9. The fraction of sp³-hybridized carbons (Fsp3) is 0.259. The minimum atomic E-state index is -1.07. The first kappa shape index (κ1) is 25.2. The monoisotopic (exact) mass is 540 g/mol. The first-order chi connectivity index (χ1) is 19.4. The van der Waals surface area contributed by atoms with Crippen LogP contribution in [0.3, 0.4) is 0 Å². The van der Waals surface area contributed by atoms with Gasteiger partial charge in [0.05, 0.1) is 22.7 Å². The van der Waals surface area contributed by atoms with Crippen LogP contribution >= 0.6 is 0 Å². The Morgan fingerprint density at radius 1 is 1.12 bits per heavy atom. The SMILES string of the molecule is Cc1c(C(=O)O)n(CCN2CCN(c3ccc(C#N)cc3F)CC2)c2nc(N)n3nc(-c4ccccn4)nc3c12. The number of nitrogens with zero attached hydrogens (tertiary/aromatic N) is 9. The molecular formula is C27H25FN10O2. The number of fused-ring (bicyclic) bond motifs is 3. The zero-order valence-electron chi connectivity index (χ0n) is 21.6. The summed E-state index contributed by atoms with van der Waals surface area (Å²) in [6.07, 6.45) is 1.64. The summed E-state index contributed by atoms with van der Waals surface area (Å²) in [5.41, 5.74) is 9.08. The number of halogens is 1. The van der Waals surface area contributed by atoms with Gasteiger partial charge in [0.15, 0.2) is 5.65 Å². The van der Waals surface area contributed by atoms with Gasteiger partial charge in [0, 0.05) is 45.5 Å². The predicted octanol–water partition coefficient (Wildman–Crippen LogP) is 2.56. The van der Waals surface area contributed by atoms with Crippen LogP contribution in [0.15, 0.2) is 42.6 Å². The molecule has 5 aromatic rings. The van der Waals surface area contributed by atoms with Gasteiger partial charge in [0.1, 0.15) is 22.9 Å². The number of aryl methyl sites for hydroxylation is 1. The number of aromatic nitrogens is 6. The van der Waals surface area contributed by atoms with Crippen molar-refractivity contribution in [2.45, 2.75) is 13.5 Å². The highest BCUT2D eigenvalue weighted by Gasteiger charge is 2.27.